The molecule has 1 aliphatic heterocycles. The van der Waals surface area contributed by atoms with Gasteiger partial charge >= 0.3 is 0 Å². The lowest BCUT2D eigenvalue weighted by Crippen LogP contribution is -2.39. The molecule has 7 heteroatoms. The number of thiophene rings is 1. The van der Waals surface area contributed by atoms with Crippen LogP contribution in [-0.2, 0) is 17.9 Å². The Morgan fingerprint density at radius 2 is 2.33 bits per heavy atom. The highest BCUT2D eigenvalue weighted by molar-refractivity contribution is 7.07. The van der Waals surface area contributed by atoms with E-state index in [1.807, 2.05) is 0 Å². The zero-order chi connectivity index (χ0) is 16.4. The molecule has 128 valence electrons. The van der Waals surface area contributed by atoms with E-state index < -0.39 is 0 Å². The second-order valence-corrected chi connectivity index (χ2v) is 7.67. The van der Waals surface area contributed by atoms with E-state index in [2.05, 4.69) is 37.1 Å². The summed E-state index contributed by atoms with van der Waals surface area (Å²) >= 11 is 1.69. The fraction of sp³-hybridized carbons (Fsp3) is 0.588. The standard InChI is InChI=1S/C17H23N5OS/c23-16(1-7-21-13-19-12-20-21)22(10-14-2-8-24-11-14)15-9-17(15)3-5-18-6-4-17/h2,8,11-13,15,18H,1,3-7,9-10H2/t15-/m1/s1. The summed E-state index contributed by atoms with van der Waals surface area (Å²) in [6.45, 7) is 3.49. The number of amides is 1. The molecule has 1 saturated carbocycles. The summed E-state index contributed by atoms with van der Waals surface area (Å²) in [5.41, 5.74) is 1.61. The summed E-state index contributed by atoms with van der Waals surface area (Å²) in [4.78, 5) is 19.0. The maximum absolute atomic E-state index is 12.9. The molecule has 2 fully saturated rings. The van der Waals surface area contributed by atoms with Crippen LogP contribution in [0.1, 0.15) is 31.2 Å². The number of nitrogens with one attached hydrogen (secondary N) is 1. The van der Waals surface area contributed by atoms with Crippen LogP contribution in [0, 0.1) is 5.41 Å². The zero-order valence-electron chi connectivity index (χ0n) is 13.7. The van der Waals surface area contributed by atoms with Gasteiger partial charge in [0.05, 0.1) is 6.54 Å². The van der Waals surface area contributed by atoms with Crippen LogP contribution in [0.15, 0.2) is 29.5 Å². The van der Waals surface area contributed by atoms with Gasteiger partial charge < -0.3 is 10.2 Å². The highest BCUT2D eigenvalue weighted by Gasteiger charge is 2.57. The second kappa shape index (κ2) is 6.64. The van der Waals surface area contributed by atoms with Gasteiger partial charge in [0.25, 0.3) is 0 Å². The number of hydrogen-bond donors (Lipinski definition) is 1. The van der Waals surface area contributed by atoms with E-state index in [0.717, 1.165) is 26.1 Å². The summed E-state index contributed by atoms with van der Waals surface area (Å²) in [7, 11) is 0. The number of piperidine rings is 1. The third-order valence-electron chi connectivity index (χ3n) is 5.40. The smallest absolute Gasteiger partial charge is 0.225 e. The fourth-order valence-electron chi connectivity index (χ4n) is 3.88. The first-order valence-electron chi connectivity index (χ1n) is 8.61. The molecule has 4 rings (SSSR count). The highest BCUT2D eigenvalue weighted by atomic mass is 32.1. The van der Waals surface area contributed by atoms with Crippen molar-refractivity contribution in [2.75, 3.05) is 13.1 Å². The van der Waals surface area contributed by atoms with Gasteiger partial charge in [-0.15, -0.1) is 0 Å². The molecule has 0 aromatic carbocycles. The van der Waals surface area contributed by atoms with Gasteiger partial charge in [-0.05, 0) is 60.2 Å². The molecule has 2 aliphatic rings. The topological polar surface area (TPSA) is 63.1 Å². The van der Waals surface area contributed by atoms with Gasteiger partial charge in [0.2, 0.25) is 5.91 Å². The lowest BCUT2D eigenvalue weighted by molar-refractivity contribution is -0.133. The van der Waals surface area contributed by atoms with Gasteiger partial charge in [0.15, 0.2) is 0 Å². The van der Waals surface area contributed by atoms with Crippen molar-refractivity contribution in [1.82, 2.24) is 25.0 Å². The summed E-state index contributed by atoms with van der Waals surface area (Å²) in [5.74, 6) is 0.233. The van der Waals surface area contributed by atoms with E-state index in [1.54, 1.807) is 22.3 Å². The van der Waals surface area contributed by atoms with Crippen LogP contribution in [0.2, 0.25) is 0 Å². The Balaban J connectivity index is 1.44. The minimum atomic E-state index is 0.233. The molecule has 1 N–H and O–H groups in total. The van der Waals surface area contributed by atoms with Crippen molar-refractivity contribution >= 4 is 17.2 Å². The van der Waals surface area contributed by atoms with Crippen LogP contribution in [0.25, 0.3) is 0 Å². The van der Waals surface area contributed by atoms with Crippen molar-refractivity contribution in [1.29, 1.82) is 0 Å². The van der Waals surface area contributed by atoms with Crippen molar-refractivity contribution in [3.05, 3.63) is 35.0 Å². The first-order chi connectivity index (χ1) is 11.8. The molecular formula is C17H23N5OS. The zero-order valence-corrected chi connectivity index (χ0v) is 14.5. The third kappa shape index (κ3) is 3.23. The van der Waals surface area contributed by atoms with Gasteiger partial charge in [-0.2, -0.15) is 16.4 Å². The number of hydrogen-bond acceptors (Lipinski definition) is 5. The number of carbonyl (C=O) groups excluding carboxylic acids is 1. The van der Waals surface area contributed by atoms with E-state index >= 15 is 0 Å². The molecule has 0 radical (unpaired) electrons. The van der Waals surface area contributed by atoms with Gasteiger partial charge in [0, 0.05) is 19.0 Å². The van der Waals surface area contributed by atoms with E-state index in [4.69, 9.17) is 0 Å². The van der Waals surface area contributed by atoms with E-state index in [1.165, 1.54) is 24.7 Å². The Morgan fingerprint density at radius 1 is 1.46 bits per heavy atom. The summed E-state index contributed by atoms with van der Waals surface area (Å²) < 4.78 is 1.73. The molecule has 1 spiro atoms. The maximum atomic E-state index is 12.9. The van der Waals surface area contributed by atoms with Crippen LogP contribution < -0.4 is 5.32 Å². The van der Waals surface area contributed by atoms with Gasteiger partial charge in [-0.3, -0.25) is 9.48 Å². The minimum Gasteiger partial charge on any atom is -0.335 e. The van der Waals surface area contributed by atoms with Crippen molar-refractivity contribution in [3.63, 3.8) is 0 Å². The van der Waals surface area contributed by atoms with Gasteiger partial charge in [-0.1, -0.05) is 0 Å². The molecule has 2 aromatic rings. The molecule has 1 saturated heterocycles. The summed E-state index contributed by atoms with van der Waals surface area (Å²) in [6.07, 6.45) is 7.20. The van der Waals surface area contributed by atoms with Crippen LogP contribution in [0.5, 0.6) is 0 Å². The molecule has 2 aromatic heterocycles. The van der Waals surface area contributed by atoms with E-state index in [9.17, 15) is 4.79 Å². The van der Waals surface area contributed by atoms with Crippen molar-refractivity contribution in [3.8, 4) is 0 Å². The molecular weight excluding hydrogens is 322 g/mol. The fourth-order valence-corrected chi connectivity index (χ4v) is 4.54. The van der Waals surface area contributed by atoms with Crippen molar-refractivity contribution in [2.45, 2.75) is 44.8 Å². The average Bonchev–Trinajstić information content (AvgIpc) is 3.06. The Hall–Kier alpha value is -1.73. The summed E-state index contributed by atoms with van der Waals surface area (Å²) in [5, 5.41) is 11.8. The first kappa shape index (κ1) is 15.8. The summed E-state index contributed by atoms with van der Waals surface area (Å²) in [6, 6.07) is 2.53. The number of carbonyl (C=O) groups is 1. The normalized spacial score (nSPS) is 21.8. The highest BCUT2D eigenvalue weighted by Crippen LogP contribution is 2.56. The number of aryl methyl sites for hydroxylation is 1. The molecule has 6 nitrogen and oxygen atoms in total. The largest absolute Gasteiger partial charge is 0.335 e. The van der Waals surface area contributed by atoms with Crippen molar-refractivity contribution in [2.24, 2.45) is 5.41 Å². The Morgan fingerprint density at radius 3 is 3.04 bits per heavy atom. The lowest BCUT2D eigenvalue weighted by atomic mass is 9.93. The van der Waals surface area contributed by atoms with E-state index in [0.29, 0.717) is 24.4 Å². The second-order valence-electron chi connectivity index (χ2n) is 6.89. The maximum Gasteiger partial charge on any atom is 0.225 e. The molecule has 0 unspecified atom stereocenters. The Kier molecular flexibility index (Phi) is 4.37. The number of nitrogens with zero attached hydrogens (tertiary/aromatic N) is 4. The SMILES string of the molecule is O=C(CCn1cncn1)N(Cc1ccsc1)[C@@H]1CC12CCNCC2. The van der Waals surface area contributed by atoms with Gasteiger partial charge in [0.1, 0.15) is 12.7 Å². The van der Waals surface area contributed by atoms with Crippen LogP contribution in [0.4, 0.5) is 0 Å². The molecule has 0 bridgehead atoms. The monoisotopic (exact) mass is 345 g/mol. The Bertz CT molecular complexity index is 663. The van der Waals surface area contributed by atoms with E-state index in [-0.39, 0.29) is 5.91 Å². The molecule has 3 heterocycles. The third-order valence-corrected chi connectivity index (χ3v) is 6.13. The van der Waals surface area contributed by atoms with Crippen molar-refractivity contribution < 1.29 is 4.79 Å². The first-order valence-corrected chi connectivity index (χ1v) is 9.55. The van der Waals surface area contributed by atoms with Gasteiger partial charge in [-0.25, -0.2) is 4.98 Å². The quantitative estimate of drug-likeness (QED) is 0.869. The predicted molar refractivity (Wildman–Crippen MR) is 92.4 cm³/mol. The number of aromatic nitrogens is 3. The lowest BCUT2D eigenvalue weighted by Gasteiger charge is -2.29. The Labute approximate surface area is 145 Å². The van der Waals surface area contributed by atoms with Crippen LogP contribution in [-0.4, -0.2) is 44.7 Å². The molecule has 1 atom stereocenters. The van der Waals surface area contributed by atoms with Crippen LogP contribution in [0.3, 0.4) is 0 Å². The van der Waals surface area contributed by atoms with Crippen LogP contribution >= 0.6 is 11.3 Å². The minimum absolute atomic E-state index is 0.233. The molecule has 24 heavy (non-hydrogen) atoms. The predicted octanol–water partition coefficient (Wildman–Crippen LogP) is 1.90. The molecule has 1 amide bonds. The number of rotatable bonds is 6. The average molecular weight is 345 g/mol. The molecule has 1 aliphatic carbocycles.